The normalized spacial score (nSPS) is 44.3. The fourth-order valence-electron chi connectivity index (χ4n) is 5.28. The van der Waals surface area contributed by atoms with Gasteiger partial charge in [-0.15, -0.1) is 0 Å². The van der Waals surface area contributed by atoms with Crippen molar-refractivity contribution in [3.63, 3.8) is 0 Å². The molecule has 3 saturated carbocycles. The second-order valence-corrected chi connectivity index (χ2v) is 7.66. The molecule has 3 fully saturated rings. The zero-order chi connectivity index (χ0) is 13.1. The molecule has 0 aromatic carbocycles. The Morgan fingerprint density at radius 1 is 1.05 bits per heavy atom. The van der Waals surface area contributed by atoms with Crippen LogP contribution < -0.4 is 0 Å². The van der Waals surface area contributed by atoms with Crippen molar-refractivity contribution in [1.29, 1.82) is 0 Å². The summed E-state index contributed by atoms with van der Waals surface area (Å²) < 4.78 is 0. The fraction of sp³-hybridized carbons (Fsp3) is 0.833. The smallest absolute Gasteiger partial charge is 0.139 e. The van der Waals surface area contributed by atoms with E-state index in [9.17, 15) is 4.79 Å². The SMILES string of the molecule is C.C=C1CCC2C(CCC3(C)C(=O)CCC23)C1(C)C. The van der Waals surface area contributed by atoms with E-state index < -0.39 is 0 Å². The molecule has 108 valence electrons. The molecule has 4 unspecified atom stereocenters. The Morgan fingerprint density at radius 2 is 1.74 bits per heavy atom. The van der Waals surface area contributed by atoms with Gasteiger partial charge in [-0.1, -0.05) is 40.3 Å². The van der Waals surface area contributed by atoms with Gasteiger partial charge in [0.25, 0.3) is 0 Å². The molecule has 1 heteroatoms. The van der Waals surface area contributed by atoms with Crippen LogP contribution in [0.3, 0.4) is 0 Å². The number of Topliss-reactive ketones (excluding diaryl/α,β-unsaturated/α-hetero) is 1. The zero-order valence-corrected chi connectivity index (χ0v) is 12.1. The minimum absolute atomic E-state index is 0. The molecule has 0 radical (unpaired) electrons. The molecule has 0 aromatic heterocycles. The van der Waals surface area contributed by atoms with Gasteiger partial charge in [0.2, 0.25) is 0 Å². The number of fused-ring (bicyclic) bond motifs is 3. The first-order valence-corrected chi connectivity index (χ1v) is 7.59. The Kier molecular flexibility index (Phi) is 3.48. The van der Waals surface area contributed by atoms with Crippen LogP contribution in [-0.2, 0) is 4.79 Å². The van der Waals surface area contributed by atoms with Gasteiger partial charge in [0, 0.05) is 11.8 Å². The molecule has 3 rings (SSSR count). The molecule has 0 heterocycles. The van der Waals surface area contributed by atoms with Crippen LogP contribution in [0.2, 0.25) is 0 Å². The minimum atomic E-state index is 0. The maximum Gasteiger partial charge on any atom is 0.139 e. The molecular formula is C18H30O. The molecule has 1 nitrogen and oxygen atoms in total. The summed E-state index contributed by atoms with van der Waals surface area (Å²) in [5, 5.41) is 0. The van der Waals surface area contributed by atoms with Gasteiger partial charge in [-0.2, -0.15) is 0 Å². The molecule has 19 heavy (non-hydrogen) atoms. The van der Waals surface area contributed by atoms with Gasteiger partial charge in [0.05, 0.1) is 0 Å². The number of ketones is 1. The number of carbonyl (C=O) groups excluding carboxylic acids is 1. The monoisotopic (exact) mass is 262 g/mol. The summed E-state index contributed by atoms with van der Waals surface area (Å²) in [5.74, 6) is 2.75. The molecule has 0 aromatic rings. The van der Waals surface area contributed by atoms with Crippen LogP contribution in [-0.4, -0.2) is 5.78 Å². The van der Waals surface area contributed by atoms with Crippen molar-refractivity contribution in [2.45, 2.75) is 66.7 Å². The summed E-state index contributed by atoms with van der Waals surface area (Å²) in [7, 11) is 0. The van der Waals surface area contributed by atoms with Gasteiger partial charge in [-0.25, -0.2) is 0 Å². The maximum atomic E-state index is 12.2. The highest BCUT2D eigenvalue weighted by atomic mass is 16.1. The van der Waals surface area contributed by atoms with E-state index in [1.54, 1.807) is 0 Å². The Balaban J connectivity index is 0.00000133. The molecular weight excluding hydrogens is 232 g/mol. The van der Waals surface area contributed by atoms with E-state index in [4.69, 9.17) is 0 Å². The molecule has 0 bridgehead atoms. The van der Waals surface area contributed by atoms with Crippen LogP contribution in [0.25, 0.3) is 0 Å². The van der Waals surface area contributed by atoms with E-state index in [1.165, 1.54) is 24.8 Å². The topological polar surface area (TPSA) is 17.1 Å². The summed E-state index contributed by atoms with van der Waals surface area (Å²) in [6.07, 6.45) is 6.80. The summed E-state index contributed by atoms with van der Waals surface area (Å²) in [6, 6.07) is 0. The molecule has 0 aliphatic heterocycles. The molecule has 0 spiro atoms. The number of rotatable bonds is 0. The second kappa shape index (κ2) is 4.46. The Bertz CT molecular complexity index is 402. The summed E-state index contributed by atoms with van der Waals surface area (Å²) in [5.41, 5.74) is 1.75. The van der Waals surface area contributed by atoms with Crippen LogP contribution in [0.4, 0.5) is 0 Å². The lowest BCUT2D eigenvalue weighted by Crippen LogP contribution is -2.48. The Morgan fingerprint density at radius 3 is 2.42 bits per heavy atom. The lowest BCUT2D eigenvalue weighted by Gasteiger charge is -2.54. The van der Waals surface area contributed by atoms with Crippen LogP contribution in [0.5, 0.6) is 0 Å². The minimum Gasteiger partial charge on any atom is -0.299 e. The summed E-state index contributed by atoms with van der Waals surface area (Å²) in [6.45, 7) is 11.3. The lowest BCUT2D eigenvalue weighted by molar-refractivity contribution is -0.131. The van der Waals surface area contributed by atoms with Gasteiger partial charge < -0.3 is 0 Å². The van der Waals surface area contributed by atoms with E-state index in [0.29, 0.717) is 11.7 Å². The van der Waals surface area contributed by atoms with Crippen molar-refractivity contribution >= 4 is 5.78 Å². The fourth-order valence-corrected chi connectivity index (χ4v) is 5.28. The van der Waals surface area contributed by atoms with Gasteiger partial charge in [0.1, 0.15) is 5.78 Å². The van der Waals surface area contributed by atoms with Gasteiger partial charge >= 0.3 is 0 Å². The van der Waals surface area contributed by atoms with Crippen molar-refractivity contribution in [1.82, 2.24) is 0 Å². The third-order valence-corrected chi connectivity index (χ3v) is 6.76. The highest BCUT2D eigenvalue weighted by Crippen LogP contribution is 2.62. The number of allylic oxidation sites excluding steroid dienone is 1. The van der Waals surface area contributed by atoms with E-state index in [1.807, 2.05) is 0 Å². The molecule has 3 aliphatic rings. The molecule has 4 atom stereocenters. The maximum absolute atomic E-state index is 12.2. The Labute approximate surface area is 118 Å². The molecule has 0 amide bonds. The number of hydrogen-bond acceptors (Lipinski definition) is 1. The Hall–Kier alpha value is -0.590. The zero-order valence-electron chi connectivity index (χ0n) is 12.1. The van der Waals surface area contributed by atoms with Gasteiger partial charge in [-0.3, -0.25) is 4.79 Å². The van der Waals surface area contributed by atoms with Crippen LogP contribution >= 0.6 is 0 Å². The van der Waals surface area contributed by atoms with Crippen molar-refractivity contribution in [3.8, 4) is 0 Å². The van der Waals surface area contributed by atoms with Crippen molar-refractivity contribution in [2.24, 2.45) is 28.6 Å². The average molecular weight is 262 g/mol. The van der Waals surface area contributed by atoms with Crippen LogP contribution in [0.1, 0.15) is 66.7 Å². The predicted octanol–water partition coefficient (Wildman–Crippen LogP) is 5.01. The standard InChI is InChI=1S/C17H26O.CH4/c1-11-5-6-12-13(16(11,2)3)9-10-17(4)14(12)7-8-15(17)18;/h12-14H,1,5-10H2,2-4H3;1H4. The van der Waals surface area contributed by atoms with Crippen LogP contribution in [0, 0.1) is 28.6 Å². The molecule has 0 saturated heterocycles. The third-order valence-electron chi connectivity index (χ3n) is 6.76. The highest BCUT2D eigenvalue weighted by Gasteiger charge is 2.57. The van der Waals surface area contributed by atoms with Crippen molar-refractivity contribution in [3.05, 3.63) is 12.2 Å². The third kappa shape index (κ3) is 1.84. The predicted molar refractivity (Wildman–Crippen MR) is 80.9 cm³/mol. The van der Waals surface area contributed by atoms with E-state index in [2.05, 4.69) is 27.4 Å². The largest absolute Gasteiger partial charge is 0.299 e. The van der Waals surface area contributed by atoms with E-state index >= 15 is 0 Å². The van der Waals surface area contributed by atoms with E-state index in [-0.39, 0.29) is 18.3 Å². The first-order valence-electron chi connectivity index (χ1n) is 7.59. The van der Waals surface area contributed by atoms with Gasteiger partial charge in [0.15, 0.2) is 0 Å². The van der Waals surface area contributed by atoms with Crippen molar-refractivity contribution < 1.29 is 4.79 Å². The summed E-state index contributed by atoms with van der Waals surface area (Å²) in [4.78, 5) is 12.2. The molecule has 3 aliphatic carbocycles. The molecule has 0 N–H and O–H groups in total. The van der Waals surface area contributed by atoms with Crippen molar-refractivity contribution in [2.75, 3.05) is 0 Å². The summed E-state index contributed by atoms with van der Waals surface area (Å²) >= 11 is 0. The average Bonchev–Trinajstić information content (AvgIpc) is 2.61. The first kappa shape index (κ1) is 14.8. The second-order valence-electron chi connectivity index (χ2n) is 7.66. The van der Waals surface area contributed by atoms with Gasteiger partial charge in [-0.05, 0) is 55.3 Å². The van der Waals surface area contributed by atoms with E-state index in [0.717, 1.165) is 31.1 Å². The first-order chi connectivity index (χ1) is 8.37. The number of hydrogen-bond donors (Lipinski definition) is 0. The quantitative estimate of drug-likeness (QED) is 0.561. The number of carbonyl (C=O) groups is 1. The highest BCUT2D eigenvalue weighted by molar-refractivity contribution is 5.87. The van der Waals surface area contributed by atoms with Crippen LogP contribution in [0.15, 0.2) is 12.2 Å². The lowest BCUT2D eigenvalue weighted by atomic mass is 9.50.